The third-order valence-corrected chi connectivity index (χ3v) is 4.97. The number of hydrogen-bond acceptors (Lipinski definition) is 4. The van der Waals surface area contributed by atoms with Crippen molar-refractivity contribution in [1.29, 1.82) is 0 Å². The zero-order valence-electron chi connectivity index (χ0n) is 14.4. The second-order valence-corrected chi connectivity index (χ2v) is 6.83. The molecule has 0 aromatic carbocycles. The molecule has 25 heavy (non-hydrogen) atoms. The van der Waals surface area contributed by atoms with Gasteiger partial charge >= 0.3 is 5.97 Å². The van der Waals surface area contributed by atoms with Crippen molar-refractivity contribution < 1.29 is 24.3 Å². The van der Waals surface area contributed by atoms with Crippen LogP contribution in [-0.4, -0.2) is 46.8 Å². The van der Waals surface area contributed by atoms with Crippen molar-refractivity contribution in [2.75, 3.05) is 13.1 Å². The number of hydrogen-bond donors (Lipinski definition) is 2. The molecule has 3 amide bonds. The van der Waals surface area contributed by atoms with Gasteiger partial charge in [-0.2, -0.15) is 0 Å². The highest BCUT2D eigenvalue weighted by Crippen LogP contribution is 2.28. The number of aliphatic carboxylic acids is 1. The van der Waals surface area contributed by atoms with Crippen LogP contribution in [0.2, 0.25) is 0 Å². The average Bonchev–Trinajstić information content (AvgIpc) is 2.91. The molecular weight excluding hydrogens is 324 g/mol. The lowest BCUT2D eigenvalue weighted by atomic mass is 9.82. The molecule has 0 atom stereocenters. The average molecular weight is 350 g/mol. The highest BCUT2D eigenvalue weighted by Gasteiger charge is 2.26. The standard InChI is InChI=1S/C18H26N2O5/c21-15(19-12-13-5-7-14(8-6-13)18(24)25)4-2-1-3-11-20-16(22)9-10-17(20)23/h9-10,13-14H,1-8,11-12H2,(H,19,21)(H,24,25)/t13-,14-. The summed E-state index contributed by atoms with van der Waals surface area (Å²) in [5.41, 5.74) is 0. The van der Waals surface area contributed by atoms with Gasteiger partial charge in [0.05, 0.1) is 5.92 Å². The van der Waals surface area contributed by atoms with Crippen molar-refractivity contribution in [3.05, 3.63) is 12.2 Å². The maximum absolute atomic E-state index is 11.8. The summed E-state index contributed by atoms with van der Waals surface area (Å²) < 4.78 is 0. The van der Waals surface area contributed by atoms with Gasteiger partial charge in [0.15, 0.2) is 0 Å². The molecule has 7 heteroatoms. The quantitative estimate of drug-likeness (QED) is 0.484. The van der Waals surface area contributed by atoms with E-state index in [-0.39, 0.29) is 23.6 Å². The van der Waals surface area contributed by atoms with E-state index in [9.17, 15) is 19.2 Å². The van der Waals surface area contributed by atoms with Crippen LogP contribution in [0.3, 0.4) is 0 Å². The Morgan fingerprint density at radius 3 is 2.28 bits per heavy atom. The van der Waals surface area contributed by atoms with Crippen LogP contribution in [0.1, 0.15) is 51.4 Å². The maximum Gasteiger partial charge on any atom is 0.306 e. The normalized spacial score (nSPS) is 23.1. The lowest BCUT2D eigenvalue weighted by Gasteiger charge is -2.26. The third kappa shape index (κ3) is 5.99. The number of rotatable bonds is 9. The van der Waals surface area contributed by atoms with Gasteiger partial charge in [-0.1, -0.05) is 6.42 Å². The molecule has 1 fully saturated rings. The fourth-order valence-corrected chi connectivity index (χ4v) is 3.34. The van der Waals surface area contributed by atoms with Gasteiger partial charge in [0.25, 0.3) is 11.8 Å². The number of carboxylic acids is 1. The number of amides is 3. The van der Waals surface area contributed by atoms with Gasteiger partial charge in [-0.25, -0.2) is 0 Å². The Labute approximate surface area is 147 Å². The minimum absolute atomic E-state index is 0.00958. The summed E-state index contributed by atoms with van der Waals surface area (Å²) in [5.74, 6) is -1.08. The SMILES string of the molecule is O=C(CCCCCN1C(=O)C=CC1=O)NC[C@H]1CC[C@H](C(=O)O)CC1. The first-order chi connectivity index (χ1) is 12.0. The second-order valence-electron chi connectivity index (χ2n) is 6.83. The number of carbonyl (C=O) groups excluding carboxylic acids is 3. The van der Waals surface area contributed by atoms with E-state index >= 15 is 0 Å². The number of carbonyl (C=O) groups is 4. The van der Waals surface area contributed by atoms with Crippen LogP contribution < -0.4 is 5.32 Å². The smallest absolute Gasteiger partial charge is 0.306 e. The molecule has 0 aromatic heterocycles. The van der Waals surface area contributed by atoms with Gasteiger partial charge in [-0.15, -0.1) is 0 Å². The van der Waals surface area contributed by atoms with Crippen molar-refractivity contribution in [3.8, 4) is 0 Å². The van der Waals surface area contributed by atoms with E-state index in [1.54, 1.807) is 0 Å². The van der Waals surface area contributed by atoms with Gasteiger partial charge in [0.1, 0.15) is 0 Å². The minimum Gasteiger partial charge on any atom is -0.481 e. The summed E-state index contributed by atoms with van der Waals surface area (Å²) in [7, 11) is 0. The van der Waals surface area contributed by atoms with Gasteiger partial charge in [0, 0.05) is 31.7 Å². The van der Waals surface area contributed by atoms with Crippen LogP contribution in [0.5, 0.6) is 0 Å². The zero-order chi connectivity index (χ0) is 18.2. The molecular formula is C18H26N2O5. The molecule has 0 saturated heterocycles. The summed E-state index contributed by atoms with van der Waals surface area (Å²) in [6, 6.07) is 0. The van der Waals surface area contributed by atoms with Gasteiger partial charge in [-0.3, -0.25) is 24.1 Å². The topological polar surface area (TPSA) is 104 Å². The molecule has 2 rings (SSSR count). The van der Waals surface area contributed by atoms with Crippen LogP contribution in [-0.2, 0) is 19.2 Å². The molecule has 7 nitrogen and oxygen atoms in total. The van der Waals surface area contributed by atoms with E-state index in [2.05, 4.69) is 5.32 Å². The van der Waals surface area contributed by atoms with E-state index in [4.69, 9.17) is 5.11 Å². The first kappa shape index (κ1) is 19.1. The highest BCUT2D eigenvalue weighted by molar-refractivity contribution is 6.12. The minimum atomic E-state index is -0.712. The summed E-state index contributed by atoms with van der Waals surface area (Å²) in [6.45, 7) is 1.02. The van der Waals surface area contributed by atoms with Gasteiger partial charge in [-0.05, 0) is 44.4 Å². The van der Waals surface area contributed by atoms with Gasteiger partial charge in [0.2, 0.25) is 5.91 Å². The molecule has 2 N–H and O–H groups in total. The van der Waals surface area contributed by atoms with Crippen molar-refractivity contribution in [1.82, 2.24) is 10.2 Å². The van der Waals surface area contributed by atoms with E-state index in [0.29, 0.717) is 44.7 Å². The molecule has 2 aliphatic rings. The molecule has 138 valence electrons. The van der Waals surface area contributed by atoms with Gasteiger partial charge < -0.3 is 10.4 Å². The monoisotopic (exact) mass is 350 g/mol. The molecule has 0 bridgehead atoms. The predicted octanol–water partition coefficient (Wildman–Crippen LogP) is 1.48. The molecule has 0 radical (unpaired) electrons. The van der Waals surface area contributed by atoms with Crippen LogP contribution in [0.15, 0.2) is 12.2 Å². The summed E-state index contributed by atoms with van der Waals surface area (Å²) in [4.78, 5) is 46.7. The zero-order valence-corrected chi connectivity index (χ0v) is 14.4. The van der Waals surface area contributed by atoms with Crippen molar-refractivity contribution in [2.24, 2.45) is 11.8 Å². The fourth-order valence-electron chi connectivity index (χ4n) is 3.34. The fraction of sp³-hybridized carbons (Fsp3) is 0.667. The largest absolute Gasteiger partial charge is 0.481 e. The van der Waals surface area contributed by atoms with E-state index in [1.165, 1.54) is 17.1 Å². The van der Waals surface area contributed by atoms with Crippen molar-refractivity contribution >= 4 is 23.7 Å². The predicted molar refractivity (Wildman–Crippen MR) is 90.4 cm³/mol. The first-order valence-corrected chi connectivity index (χ1v) is 9.00. The Hall–Kier alpha value is -2.18. The second kappa shape index (κ2) is 9.34. The Balaban J connectivity index is 1.50. The summed E-state index contributed by atoms with van der Waals surface area (Å²) in [5, 5.41) is 11.9. The van der Waals surface area contributed by atoms with Crippen molar-refractivity contribution in [3.63, 3.8) is 0 Å². The number of imide groups is 1. The lowest BCUT2D eigenvalue weighted by molar-refractivity contribution is -0.143. The Bertz CT molecular complexity index is 532. The van der Waals surface area contributed by atoms with Crippen LogP contribution in [0, 0.1) is 11.8 Å². The molecule has 1 aliphatic carbocycles. The number of carboxylic acid groups (broad SMARTS) is 1. The molecule has 1 heterocycles. The van der Waals surface area contributed by atoms with Crippen LogP contribution >= 0.6 is 0 Å². The first-order valence-electron chi connectivity index (χ1n) is 9.00. The number of nitrogens with one attached hydrogen (secondary N) is 1. The summed E-state index contributed by atoms with van der Waals surface area (Å²) >= 11 is 0. The van der Waals surface area contributed by atoms with E-state index in [0.717, 1.165) is 25.7 Å². The molecule has 1 aliphatic heterocycles. The lowest BCUT2D eigenvalue weighted by Crippen LogP contribution is -2.32. The van der Waals surface area contributed by atoms with Crippen molar-refractivity contribution in [2.45, 2.75) is 51.4 Å². The number of nitrogens with zero attached hydrogens (tertiary/aromatic N) is 1. The molecule has 0 aromatic rings. The third-order valence-electron chi connectivity index (χ3n) is 4.97. The van der Waals surface area contributed by atoms with E-state index in [1.807, 2.05) is 0 Å². The van der Waals surface area contributed by atoms with E-state index < -0.39 is 5.97 Å². The molecule has 0 unspecified atom stereocenters. The molecule has 0 spiro atoms. The Morgan fingerprint density at radius 2 is 1.68 bits per heavy atom. The van der Waals surface area contributed by atoms with Crippen LogP contribution in [0.25, 0.3) is 0 Å². The molecule has 1 saturated carbocycles. The Kier molecular flexibility index (Phi) is 7.16. The summed E-state index contributed by atoms with van der Waals surface area (Å²) in [6.07, 6.45) is 8.29. The maximum atomic E-state index is 11.8. The van der Waals surface area contributed by atoms with Crippen LogP contribution in [0.4, 0.5) is 0 Å². The Morgan fingerprint density at radius 1 is 1.04 bits per heavy atom. The highest BCUT2D eigenvalue weighted by atomic mass is 16.4. The number of unbranched alkanes of at least 4 members (excludes halogenated alkanes) is 2.